The Labute approximate surface area is 105 Å². The van der Waals surface area contributed by atoms with Crippen molar-refractivity contribution in [3.63, 3.8) is 0 Å². The highest BCUT2D eigenvalue weighted by Gasteiger charge is 2.14. The van der Waals surface area contributed by atoms with E-state index in [-0.39, 0.29) is 0 Å². The highest BCUT2D eigenvalue weighted by molar-refractivity contribution is 5.39. The third-order valence-electron chi connectivity index (χ3n) is 3.20. The van der Waals surface area contributed by atoms with Crippen molar-refractivity contribution in [2.75, 3.05) is 5.73 Å². The van der Waals surface area contributed by atoms with Gasteiger partial charge in [0.25, 0.3) is 0 Å². The molecule has 17 heavy (non-hydrogen) atoms. The molecule has 0 amide bonds. The van der Waals surface area contributed by atoms with Gasteiger partial charge in [-0.3, -0.25) is 0 Å². The molecule has 1 aromatic rings. The van der Waals surface area contributed by atoms with Crippen molar-refractivity contribution in [2.45, 2.75) is 72.3 Å². The van der Waals surface area contributed by atoms with Gasteiger partial charge in [-0.05, 0) is 26.7 Å². The standard InChI is InChI=1S/C14H27N3/c1-5-7-8-9-10-12-14(15)17(11(3)4)13(6-2)16-12/h11H,5-10,15H2,1-4H3. The molecule has 2 N–H and O–H groups in total. The molecule has 98 valence electrons. The molecule has 0 saturated heterocycles. The van der Waals surface area contributed by atoms with Crippen molar-refractivity contribution in [1.82, 2.24) is 9.55 Å². The molecule has 1 aromatic heterocycles. The monoisotopic (exact) mass is 237 g/mol. The van der Waals surface area contributed by atoms with Crippen molar-refractivity contribution in [1.29, 1.82) is 0 Å². The predicted octanol–water partition coefficient (Wildman–Crippen LogP) is 3.73. The van der Waals surface area contributed by atoms with E-state index in [1.54, 1.807) is 0 Å². The number of nitrogens with two attached hydrogens (primary N) is 1. The van der Waals surface area contributed by atoms with Gasteiger partial charge in [0.2, 0.25) is 0 Å². The van der Waals surface area contributed by atoms with E-state index in [2.05, 4.69) is 37.2 Å². The normalized spacial score (nSPS) is 11.4. The molecule has 3 nitrogen and oxygen atoms in total. The second-order valence-electron chi connectivity index (χ2n) is 4.99. The Morgan fingerprint density at radius 2 is 1.88 bits per heavy atom. The summed E-state index contributed by atoms with van der Waals surface area (Å²) in [4.78, 5) is 4.69. The Balaban J connectivity index is 2.73. The first-order valence-electron chi connectivity index (χ1n) is 6.97. The van der Waals surface area contributed by atoms with Crippen LogP contribution in [-0.4, -0.2) is 9.55 Å². The van der Waals surface area contributed by atoms with Crippen molar-refractivity contribution < 1.29 is 0 Å². The molecule has 0 fully saturated rings. The molecule has 0 unspecified atom stereocenters. The highest BCUT2D eigenvalue weighted by atomic mass is 15.2. The number of nitrogen functional groups attached to an aromatic ring is 1. The molecule has 0 bridgehead atoms. The lowest BCUT2D eigenvalue weighted by Gasteiger charge is -2.12. The number of aryl methyl sites for hydroxylation is 2. The van der Waals surface area contributed by atoms with E-state index < -0.39 is 0 Å². The topological polar surface area (TPSA) is 43.8 Å². The largest absolute Gasteiger partial charge is 0.384 e. The van der Waals surface area contributed by atoms with E-state index in [9.17, 15) is 0 Å². The summed E-state index contributed by atoms with van der Waals surface area (Å²) in [7, 11) is 0. The number of aromatic nitrogens is 2. The smallest absolute Gasteiger partial charge is 0.127 e. The molecular formula is C14H27N3. The summed E-state index contributed by atoms with van der Waals surface area (Å²) in [6, 6.07) is 0.404. The molecular weight excluding hydrogens is 210 g/mol. The quantitative estimate of drug-likeness (QED) is 0.734. The van der Waals surface area contributed by atoms with Gasteiger partial charge in [0, 0.05) is 12.5 Å². The first-order valence-corrected chi connectivity index (χ1v) is 6.97. The van der Waals surface area contributed by atoms with E-state index in [1.807, 2.05) is 0 Å². The van der Waals surface area contributed by atoms with Crippen molar-refractivity contribution in [3.8, 4) is 0 Å². The zero-order chi connectivity index (χ0) is 12.8. The zero-order valence-electron chi connectivity index (χ0n) is 11.8. The second-order valence-corrected chi connectivity index (χ2v) is 4.99. The van der Waals surface area contributed by atoms with Crippen molar-refractivity contribution in [3.05, 3.63) is 11.5 Å². The van der Waals surface area contributed by atoms with Gasteiger partial charge in [-0.25, -0.2) is 4.98 Å². The summed E-state index contributed by atoms with van der Waals surface area (Å²) in [5.41, 5.74) is 7.30. The van der Waals surface area contributed by atoms with Crippen molar-refractivity contribution >= 4 is 5.82 Å². The lowest BCUT2D eigenvalue weighted by atomic mass is 10.1. The fourth-order valence-electron chi connectivity index (χ4n) is 2.27. The number of anilines is 1. The van der Waals surface area contributed by atoms with E-state index in [0.717, 1.165) is 30.2 Å². The third kappa shape index (κ3) is 3.48. The number of hydrogen-bond acceptors (Lipinski definition) is 2. The Hall–Kier alpha value is -0.990. The van der Waals surface area contributed by atoms with Crippen LogP contribution in [0.5, 0.6) is 0 Å². The SMILES string of the molecule is CCCCCCc1nc(CC)n(C(C)C)c1N. The molecule has 1 heterocycles. The van der Waals surface area contributed by atoms with Crippen LogP contribution in [0.4, 0.5) is 5.82 Å². The van der Waals surface area contributed by atoms with E-state index >= 15 is 0 Å². The molecule has 0 aromatic carbocycles. The van der Waals surface area contributed by atoms with Crippen LogP contribution in [0.15, 0.2) is 0 Å². The number of imidazole rings is 1. The van der Waals surface area contributed by atoms with Crippen molar-refractivity contribution in [2.24, 2.45) is 0 Å². The average molecular weight is 237 g/mol. The first kappa shape index (κ1) is 14.1. The maximum atomic E-state index is 6.20. The lowest BCUT2D eigenvalue weighted by molar-refractivity contribution is 0.579. The van der Waals surface area contributed by atoms with Gasteiger partial charge in [0.1, 0.15) is 11.6 Å². The van der Waals surface area contributed by atoms with Gasteiger partial charge < -0.3 is 10.3 Å². The first-order chi connectivity index (χ1) is 8.11. The van der Waals surface area contributed by atoms with Crippen LogP contribution in [0.2, 0.25) is 0 Å². The zero-order valence-corrected chi connectivity index (χ0v) is 11.8. The van der Waals surface area contributed by atoms with Crippen LogP contribution in [0.25, 0.3) is 0 Å². The Morgan fingerprint density at radius 3 is 2.35 bits per heavy atom. The van der Waals surface area contributed by atoms with Crippen LogP contribution in [0.1, 0.15) is 70.9 Å². The van der Waals surface area contributed by atoms with Gasteiger partial charge in [-0.2, -0.15) is 0 Å². The van der Waals surface area contributed by atoms with Crippen LogP contribution in [0.3, 0.4) is 0 Å². The molecule has 0 spiro atoms. The molecule has 0 aliphatic heterocycles. The van der Waals surface area contributed by atoms with Gasteiger partial charge >= 0.3 is 0 Å². The second kappa shape index (κ2) is 6.67. The molecule has 0 aliphatic carbocycles. The average Bonchev–Trinajstić information content (AvgIpc) is 2.61. The fraction of sp³-hybridized carbons (Fsp3) is 0.786. The molecule has 0 atom stereocenters. The maximum Gasteiger partial charge on any atom is 0.127 e. The number of hydrogen-bond donors (Lipinski definition) is 1. The minimum absolute atomic E-state index is 0.404. The minimum atomic E-state index is 0.404. The lowest BCUT2D eigenvalue weighted by Crippen LogP contribution is -2.09. The predicted molar refractivity (Wildman–Crippen MR) is 74.2 cm³/mol. The molecule has 0 aliphatic rings. The summed E-state index contributed by atoms with van der Waals surface area (Å²) < 4.78 is 2.18. The molecule has 3 heteroatoms. The van der Waals surface area contributed by atoms with Crippen LogP contribution in [-0.2, 0) is 12.8 Å². The van der Waals surface area contributed by atoms with Crippen LogP contribution in [0, 0.1) is 0 Å². The number of rotatable bonds is 7. The van der Waals surface area contributed by atoms with Gasteiger partial charge in [-0.1, -0.05) is 33.1 Å². The van der Waals surface area contributed by atoms with Gasteiger partial charge in [0.05, 0.1) is 5.69 Å². The highest BCUT2D eigenvalue weighted by Crippen LogP contribution is 2.22. The summed E-state index contributed by atoms with van der Waals surface area (Å²) in [5.74, 6) is 2.01. The molecule has 1 rings (SSSR count). The van der Waals surface area contributed by atoms with Gasteiger partial charge in [-0.15, -0.1) is 0 Å². The number of nitrogens with zero attached hydrogens (tertiary/aromatic N) is 2. The summed E-state index contributed by atoms with van der Waals surface area (Å²) >= 11 is 0. The maximum absolute atomic E-state index is 6.20. The Morgan fingerprint density at radius 1 is 1.18 bits per heavy atom. The third-order valence-corrected chi connectivity index (χ3v) is 3.20. The van der Waals surface area contributed by atoms with E-state index in [1.165, 1.54) is 25.7 Å². The summed E-state index contributed by atoms with van der Waals surface area (Å²) in [6.45, 7) is 8.70. The molecule has 0 saturated carbocycles. The summed E-state index contributed by atoms with van der Waals surface area (Å²) in [5, 5.41) is 0. The Bertz CT molecular complexity index is 339. The molecule has 0 radical (unpaired) electrons. The summed E-state index contributed by atoms with van der Waals surface area (Å²) in [6.07, 6.45) is 7.06. The number of unbranched alkanes of at least 4 members (excludes halogenated alkanes) is 3. The van der Waals surface area contributed by atoms with Gasteiger partial charge in [0.15, 0.2) is 0 Å². The van der Waals surface area contributed by atoms with E-state index in [4.69, 9.17) is 5.73 Å². The fourth-order valence-corrected chi connectivity index (χ4v) is 2.27. The van der Waals surface area contributed by atoms with Crippen LogP contribution < -0.4 is 5.73 Å². The minimum Gasteiger partial charge on any atom is -0.384 e. The van der Waals surface area contributed by atoms with E-state index in [0.29, 0.717) is 6.04 Å². The van der Waals surface area contributed by atoms with Crippen LogP contribution >= 0.6 is 0 Å². The Kier molecular flexibility index (Phi) is 5.52.